The van der Waals surface area contributed by atoms with Crippen molar-refractivity contribution in [1.29, 1.82) is 0 Å². The third-order valence-electron chi connectivity index (χ3n) is 3.77. The Bertz CT molecular complexity index is 620. The summed E-state index contributed by atoms with van der Waals surface area (Å²) in [7, 11) is 0. The summed E-state index contributed by atoms with van der Waals surface area (Å²) < 4.78 is 5.59. The van der Waals surface area contributed by atoms with E-state index in [0.29, 0.717) is 25.3 Å². The summed E-state index contributed by atoms with van der Waals surface area (Å²) in [6.07, 6.45) is 1.79. The van der Waals surface area contributed by atoms with Gasteiger partial charge in [0.25, 0.3) is 5.91 Å². The third kappa shape index (κ3) is 2.42. The predicted molar refractivity (Wildman–Crippen MR) is 77.6 cm³/mol. The molecule has 106 valence electrons. The number of amides is 1. The van der Waals surface area contributed by atoms with Gasteiger partial charge in [-0.05, 0) is 31.2 Å². The van der Waals surface area contributed by atoms with Gasteiger partial charge in [-0.2, -0.15) is 0 Å². The SMILES string of the molecule is CC(N)C1CN(C(=O)c2ccc3[nH]ccc3c2)CCO1. The molecule has 1 fully saturated rings. The molecule has 0 radical (unpaired) electrons. The molecule has 0 bridgehead atoms. The van der Waals surface area contributed by atoms with Gasteiger partial charge in [0.1, 0.15) is 0 Å². The van der Waals surface area contributed by atoms with Crippen molar-refractivity contribution in [2.24, 2.45) is 5.73 Å². The molecular formula is C15H19N3O2. The Hall–Kier alpha value is -1.85. The summed E-state index contributed by atoms with van der Waals surface area (Å²) >= 11 is 0. The fraction of sp³-hybridized carbons (Fsp3) is 0.400. The highest BCUT2D eigenvalue weighted by Gasteiger charge is 2.27. The maximum Gasteiger partial charge on any atom is 0.254 e. The van der Waals surface area contributed by atoms with Crippen LogP contribution in [0.3, 0.4) is 0 Å². The van der Waals surface area contributed by atoms with Crippen molar-refractivity contribution in [3.63, 3.8) is 0 Å². The van der Waals surface area contributed by atoms with Crippen molar-refractivity contribution < 1.29 is 9.53 Å². The number of rotatable bonds is 2. The fourth-order valence-electron chi connectivity index (χ4n) is 2.55. The first-order chi connectivity index (χ1) is 9.65. The Morgan fingerprint density at radius 1 is 1.50 bits per heavy atom. The maximum absolute atomic E-state index is 12.6. The van der Waals surface area contributed by atoms with Crippen molar-refractivity contribution in [2.75, 3.05) is 19.7 Å². The van der Waals surface area contributed by atoms with Crippen LogP contribution < -0.4 is 5.73 Å². The van der Waals surface area contributed by atoms with Crippen LogP contribution in [-0.4, -0.2) is 47.6 Å². The van der Waals surface area contributed by atoms with Crippen LogP contribution in [0.15, 0.2) is 30.5 Å². The first kappa shape index (κ1) is 13.1. The summed E-state index contributed by atoms with van der Waals surface area (Å²) in [5.74, 6) is 0.0436. The number of nitrogens with two attached hydrogens (primary N) is 1. The number of fused-ring (bicyclic) bond motifs is 1. The van der Waals surface area contributed by atoms with Gasteiger partial charge < -0.3 is 20.4 Å². The lowest BCUT2D eigenvalue weighted by Crippen LogP contribution is -2.51. The summed E-state index contributed by atoms with van der Waals surface area (Å²) in [5, 5.41) is 1.05. The Morgan fingerprint density at radius 3 is 3.15 bits per heavy atom. The number of hydrogen-bond donors (Lipinski definition) is 2. The molecule has 1 amide bonds. The standard InChI is InChI=1S/C15H19N3O2/c1-10(16)14-9-18(6-7-20-14)15(19)12-2-3-13-11(8-12)4-5-17-13/h2-5,8,10,14,17H,6-7,9,16H2,1H3. The van der Waals surface area contributed by atoms with Crippen LogP contribution in [0, 0.1) is 0 Å². The molecule has 1 aromatic heterocycles. The van der Waals surface area contributed by atoms with Gasteiger partial charge in [0.2, 0.25) is 0 Å². The normalized spacial score (nSPS) is 21.1. The van der Waals surface area contributed by atoms with E-state index in [1.165, 1.54) is 0 Å². The first-order valence-electron chi connectivity index (χ1n) is 6.89. The fourth-order valence-corrected chi connectivity index (χ4v) is 2.55. The highest BCUT2D eigenvalue weighted by molar-refractivity contribution is 5.98. The summed E-state index contributed by atoms with van der Waals surface area (Å²) in [6.45, 7) is 3.63. The van der Waals surface area contributed by atoms with Gasteiger partial charge >= 0.3 is 0 Å². The van der Waals surface area contributed by atoms with E-state index in [-0.39, 0.29) is 18.1 Å². The van der Waals surface area contributed by atoms with Crippen LogP contribution >= 0.6 is 0 Å². The van der Waals surface area contributed by atoms with Crippen molar-refractivity contribution in [2.45, 2.75) is 19.1 Å². The van der Waals surface area contributed by atoms with Crippen LogP contribution in [0.25, 0.3) is 10.9 Å². The van der Waals surface area contributed by atoms with Gasteiger partial charge in [-0.3, -0.25) is 4.79 Å². The molecule has 1 aliphatic heterocycles. The zero-order valence-corrected chi connectivity index (χ0v) is 11.5. The average molecular weight is 273 g/mol. The van der Waals surface area contributed by atoms with E-state index in [1.807, 2.05) is 42.3 Å². The molecule has 2 heterocycles. The quantitative estimate of drug-likeness (QED) is 0.867. The van der Waals surface area contributed by atoms with Crippen LogP contribution in [0.4, 0.5) is 0 Å². The molecule has 5 nitrogen and oxygen atoms in total. The molecular weight excluding hydrogens is 254 g/mol. The number of hydrogen-bond acceptors (Lipinski definition) is 3. The number of aromatic amines is 1. The zero-order valence-electron chi connectivity index (χ0n) is 11.5. The summed E-state index contributed by atoms with van der Waals surface area (Å²) in [4.78, 5) is 17.5. The highest BCUT2D eigenvalue weighted by atomic mass is 16.5. The Morgan fingerprint density at radius 2 is 2.35 bits per heavy atom. The minimum Gasteiger partial charge on any atom is -0.373 e. The number of H-pyrrole nitrogens is 1. The average Bonchev–Trinajstić information content (AvgIpc) is 2.94. The van der Waals surface area contributed by atoms with Crippen LogP contribution in [0.1, 0.15) is 17.3 Å². The van der Waals surface area contributed by atoms with Crippen molar-refractivity contribution in [1.82, 2.24) is 9.88 Å². The Kier molecular flexibility index (Phi) is 3.46. The van der Waals surface area contributed by atoms with Crippen LogP contribution in [-0.2, 0) is 4.74 Å². The van der Waals surface area contributed by atoms with E-state index >= 15 is 0 Å². The van der Waals surface area contributed by atoms with Gasteiger partial charge in [0.05, 0.1) is 12.7 Å². The Labute approximate surface area is 117 Å². The maximum atomic E-state index is 12.6. The number of carbonyl (C=O) groups excluding carboxylic acids is 1. The molecule has 2 aromatic rings. The van der Waals surface area contributed by atoms with Gasteiger partial charge in [0, 0.05) is 41.8 Å². The predicted octanol–water partition coefficient (Wildman–Crippen LogP) is 1.36. The Balaban J connectivity index is 1.80. The second-order valence-electron chi connectivity index (χ2n) is 5.30. The van der Waals surface area contributed by atoms with Crippen molar-refractivity contribution >= 4 is 16.8 Å². The van der Waals surface area contributed by atoms with Gasteiger partial charge in [-0.15, -0.1) is 0 Å². The van der Waals surface area contributed by atoms with E-state index in [1.54, 1.807) is 0 Å². The lowest BCUT2D eigenvalue weighted by atomic mass is 10.1. The molecule has 2 unspecified atom stereocenters. The molecule has 1 aromatic carbocycles. The number of benzene rings is 1. The number of nitrogens with zero attached hydrogens (tertiary/aromatic N) is 1. The van der Waals surface area contributed by atoms with Gasteiger partial charge in [-0.1, -0.05) is 0 Å². The van der Waals surface area contributed by atoms with Crippen molar-refractivity contribution in [3.05, 3.63) is 36.0 Å². The molecule has 20 heavy (non-hydrogen) atoms. The minimum atomic E-state index is -0.0799. The van der Waals surface area contributed by atoms with Crippen LogP contribution in [0.2, 0.25) is 0 Å². The smallest absolute Gasteiger partial charge is 0.254 e. The van der Waals surface area contributed by atoms with Gasteiger partial charge in [0.15, 0.2) is 0 Å². The molecule has 0 aliphatic carbocycles. The number of ether oxygens (including phenoxy) is 1. The molecule has 5 heteroatoms. The van der Waals surface area contributed by atoms with E-state index in [9.17, 15) is 4.79 Å². The monoisotopic (exact) mass is 273 g/mol. The summed E-state index contributed by atoms with van der Waals surface area (Å²) in [5.41, 5.74) is 7.61. The second kappa shape index (κ2) is 5.26. The number of carbonyl (C=O) groups is 1. The van der Waals surface area contributed by atoms with Gasteiger partial charge in [-0.25, -0.2) is 0 Å². The molecule has 1 aliphatic rings. The summed E-state index contributed by atoms with van der Waals surface area (Å²) in [6, 6.07) is 7.61. The molecule has 1 saturated heterocycles. The molecule has 0 saturated carbocycles. The number of morpholine rings is 1. The first-order valence-corrected chi connectivity index (χ1v) is 6.89. The minimum absolute atomic E-state index is 0.0436. The van der Waals surface area contributed by atoms with Crippen LogP contribution in [0.5, 0.6) is 0 Å². The molecule has 0 spiro atoms. The highest BCUT2D eigenvalue weighted by Crippen LogP contribution is 2.17. The zero-order chi connectivity index (χ0) is 14.1. The number of aromatic nitrogens is 1. The third-order valence-corrected chi connectivity index (χ3v) is 3.77. The number of nitrogens with one attached hydrogen (secondary N) is 1. The van der Waals surface area contributed by atoms with E-state index in [2.05, 4.69) is 4.98 Å². The molecule has 3 N–H and O–H groups in total. The van der Waals surface area contributed by atoms with Crippen molar-refractivity contribution in [3.8, 4) is 0 Å². The molecule has 3 rings (SSSR count). The van der Waals surface area contributed by atoms with E-state index < -0.39 is 0 Å². The lowest BCUT2D eigenvalue weighted by Gasteiger charge is -2.34. The van der Waals surface area contributed by atoms with E-state index in [4.69, 9.17) is 10.5 Å². The largest absolute Gasteiger partial charge is 0.373 e. The molecule has 2 atom stereocenters. The van der Waals surface area contributed by atoms with E-state index in [0.717, 1.165) is 10.9 Å². The lowest BCUT2D eigenvalue weighted by molar-refractivity contribution is -0.0300. The second-order valence-corrected chi connectivity index (χ2v) is 5.30. The topological polar surface area (TPSA) is 71.3 Å².